The quantitative estimate of drug-likeness (QED) is 0.258. The van der Waals surface area contributed by atoms with Gasteiger partial charge in [-0.25, -0.2) is 4.98 Å². The summed E-state index contributed by atoms with van der Waals surface area (Å²) in [6.07, 6.45) is 0. The van der Waals surface area contributed by atoms with Gasteiger partial charge in [0.2, 0.25) is 0 Å². The zero-order valence-corrected chi connectivity index (χ0v) is 16.6. The van der Waals surface area contributed by atoms with Crippen molar-refractivity contribution in [1.82, 2.24) is 10.3 Å². The summed E-state index contributed by atoms with van der Waals surface area (Å²) in [4.78, 5) is 27.4. The monoisotopic (exact) mass is 419 g/mol. The van der Waals surface area contributed by atoms with Crippen molar-refractivity contribution in [2.75, 3.05) is 0 Å². The first-order valence-electron chi connectivity index (χ1n) is 9.18. The van der Waals surface area contributed by atoms with Crippen LogP contribution in [0.5, 0.6) is 0 Å². The Labute approximate surface area is 176 Å². The highest BCUT2D eigenvalue weighted by Gasteiger charge is 2.13. The number of thioether (sulfide) groups is 1. The second-order valence-electron chi connectivity index (χ2n) is 6.50. The predicted molar refractivity (Wildman–Crippen MR) is 114 cm³/mol. The lowest BCUT2D eigenvalue weighted by Crippen LogP contribution is -2.23. The number of hydrogen-bond donors (Lipinski definition) is 1. The molecular formula is C22H17N3O4S. The number of benzene rings is 3. The van der Waals surface area contributed by atoms with E-state index in [0.717, 1.165) is 22.2 Å². The predicted octanol–water partition coefficient (Wildman–Crippen LogP) is 4.96. The molecule has 1 heterocycles. The third-order valence-corrected chi connectivity index (χ3v) is 5.36. The van der Waals surface area contributed by atoms with E-state index in [2.05, 4.69) is 10.3 Å². The number of nitrogens with one attached hydrogen (secondary N) is 1. The van der Waals surface area contributed by atoms with Gasteiger partial charge < -0.3 is 9.73 Å². The lowest BCUT2D eigenvalue weighted by atomic mass is 10.1. The molecule has 0 unspecified atom stereocenters. The van der Waals surface area contributed by atoms with Gasteiger partial charge in [-0.1, -0.05) is 54.2 Å². The third-order valence-electron chi connectivity index (χ3n) is 4.49. The Hall–Kier alpha value is -3.65. The van der Waals surface area contributed by atoms with Crippen LogP contribution in [0.15, 0.2) is 82.4 Å². The Morgan fingerprint density at radius 1 is 1.03 bits per heavy atom. The number of oxazole rings is 1. The van der Waals surface area contributed by atoms with Gasteiger partial charge >= 0.3 is 0 Å². The molecule has 4 rings (SSSR count). The molecule has 30 heavy (non-hydrogen) atoms. The minimum atomic E-state index is -0.451. The number of para-hydroxylation sites is 2. The molecule has 3 aromatic carbocycles. The van der Waals surface area contributed by atoms with Gasteiger partial charge in [0.1, 0.15) is 5.52 Å². The molecule has 1 aromatic heterocycles. The van der Waals surface area contributed by atoms with Gasteiger partial charge in [0, 0.05) is 30.0 Å². The van der Waals surface area contributed by atoms with E-state index in [1.807, 2.05) is 42.5 Å². The first-order chi connectivity index (χ1) is 14.6. The Morgan fingerprint density at radius 3 is 2.53 bits per heavy atom. The maximum absolute atomic E-state index is 12.7. The highest BCUT2D eigenvalue weighted by atomic mass is 32.2. The topological polar surface area (TPSA) is 98.3 Å². The smallest absolute Gasteiger partial charge is 0.269 e. The second-order valence-corrected chi connectivity index (χ2v) is 7.43. The largest absolute Gasteiger partial charge is 0.431 e. The molecule has 4 aromatic rings. The molecule has 0 saturated heterocycles. The van der Waals surface area contributed by atoms with Crippen molar-refractivity contribution < 1.29 is 14.1 Å². The third kappa shape index (κ3) is 4.49. The van der Waals surface area contributed by atoms with Crippen molar-refractivity contribution in [3.63, 3.8) is 0 Å². The molecule has 150 valence electrons. The minimum Gasteiger partial charge on any atom is -0.431 e. The van der Waals surface area contributed by atoms with Crippen LogP contribution in [-0.2, 0) is 12.3 Å². The molecule has 1 amide bonds. The van der Waals surface area contributed by atoms with Crippen molar-refractivity contribution in [2.24, 2.45) is 0 Å². The fourth-order valence-electron chi connectivity index (χ4n) is 2.93. The number of hydrogen-bond acceptors (Lipinski definition) is 6. The Kier molecular flexibility index (Phi) is 5.76. The van der Waals surface area contributed by atoms with Crippen molar-refractivity contribution >= 4 is 34.5 Å². The number of amides is 1. The van der Waals surface area contributed by atoms with E-state index >= 15 is 0 Å². The summed E-state index contributed by atoms with van der Waals surface area (Å²) in [6, 6.07) is 21.0. The highest BCUT2D eigenvalue weighted by Crippen LogP contribution is 2.27. The number of fused-ring (bicyclic) bond motifs is 1. The zero-order chi connectivity index (χ0) is 20.9. The van der Waals surface area contributed by atoms with E-state index < -0.39 is 4.92 Å². The molecule has 0 atom stereocenters. The number of non-ortho nitro benzene ring substituents is 1. The number of rotatable bonds is 7. The molecule has 0 fully saturated rings. The molecule has 0 saturated carbocycles. The van der Waals surface area contributed by atoms with Crippen LogP contribution >= 0.6 is 11.8 Å². The van der Waals surface area contributed by atoms with Gasteiger partial charge in [0.15, 0.2) is 5.58 Å². The van der Waals surface area contributed by atoms with Crippen molar-refractivity contribution in [3.8, 4) is 0 Å². The van der Waals surface area contributed by atoms with Gasteiger partial charge in [-0.3, -0.25) is 14.9 Å². The standard InChI is InChI=1S/C22H17N3O4S/c26-21(23-13-15-9-11-17(12-10-15)25(27)28)18-6-2-1-5-16(18)14-30-22-24-19-7-3-4-8-20(19)29-22/h1-12H,13-14H2,(H,23,26). The zero-order valence-electron chi connectivity index (χ0n) is 15.8. The van der Waals surface area contributed by atoms with E-state index in [4.69, 9.17) is 4.42 Å². The first kappa shape index (κ1) is 19.7. The molecule has 0 spiro atoms. The second kappa shape index (κ2) is 8.79. The highest BCUT2D eigenvalue weighted by molar-refractivity contribution is 7.98. The van der Waals surface area contributed by atoms with E-state index in [9.17, 15) is 14.9 Å². The molecule has 0 aliphatic heterocycles. The summed E-state index contributed by atoms with van der Waals surface area (Å²) in [5, 5.41) is 14.2. The van der Waals surface area contributed by atoms with Crippen LogP contribution in [0.25, 0.3) is 11.1 Å². The number of carbonyl (C=O) groups excluding carboxylic acids is 1. The van der Waals surface area contributed by atoms with Gasteiger partial charge in [0.05, 0.1) is 4.92 Å². The Balaban J connectivity index is 1.41. The summed E-state index contributed by atoms with van der Waals surface area (Å²) >= 11 is 1.43. The van der Waals surface area contributed by atoms with Crippen LogP contribution in [0.4, 0.5) is 5.69 Å². The minimum absolute atomic E-state index is 0.0200. The SMILES string of the molecule is O=C(NCc1ccc([N+](=O)[O-])cc1)c1ccccc1CSc1nc2ccccc2o1. The van der Waals surface area contributed by atoms with Crippen LogP contribution in [0, 0.1) is 10.1 Å². The molecular weight excluding hydrogens is 402 g/mol. The Bertz CT molecular complexity index is 1170. The van der Waals surface area contributed by atoms with Crippen molar-refractivity contribution in [1.29, 1.82) is 0 Å². The molecule has 8 heteroatoms. The summed E-state index contributed by atoms with van der Waals surface area (Å²) in [6.45, 7) is 0.281. The summed E-state index contributed by atoms with van der Waals surface area (Å²) in [5.74, 6) is 0.329. The fraction of sp³-hybridized carbons (Fsp3) is 0.0909. The number of nitrogens with zero attached hydrogens (tertiary/aromatic N) is 2. The maximum atomic E-state index is 12.7. The number of carbonyl (C=O) groups is 1. The summed E-state index contributed by atoms with van der Waals surface area (Å²) < 4.78 is 5.73. The number of nitro benzene ring substituents is 1. The van der Waals surface area contributed by atoms with Crippen molar-refractivity contribution in [2.45, 2.75) is 17.5 Å². The molecule has 7 nitrogen and oxygen atoms in total. The van der Waals surface area contributed by atoms with Gasteiger partial charge in [-0.05, 0) is 29.3 Å². The van der Waals surface area contributed by atoms with Crippen LogP contribution in [0.2, 0.25) is 0 Å². The summed E-state index contributed by atoms with van der Waals surface area (Å²) in [5.41, 5.74) is 3.77. The average Bonchev–Trinajstić information content (AvgIpc) is 3.19. The van der Waals surface area contributed by atoms with Gasteiger partial charge in [0.25, 0.3) is 16.8 Å². The molecule has 0 aliphatic rings. The normalized spacial score (nSPS) is 10.8. The Morgan fingerprint density at radius 2 is 1.77 bits per heavy atom. The van der Waals surface area contributed by atoms with E-state index in [1.165, 1.54) is 23.9 Å². The lowest BCUT2D eigenvalue weighted by Gasteiger charge is -2.09. The van der Waals surface area contributed by atoms with Crippen molar-refractivity contribution in [3.05, 3.63) is 99.6 Å². The molecule has 0 aliphatic carbocycles. The first-order valence-corrected chi connectivity index (χ1v) is 10.2. The van der Waals surface area contributed by atoms with E-state index in [-0.39, 0.29) is 18.1 Å². The number of aromatic nitrogens is 1. The van der Waals surface area contributed by atoms with E-state index in [1.54, 1.807) is 18.2 Å². The van der Waals surface area contributed by atoms with Gasteiger partial charge in [-0.15, -0.1) is 0 Å². The van der Waals surface area contributed by atoms with Crippen LogP contribution in [0.3, 0.4) is 0 Å². The molecule has 0 bridgehead atoms. The van der Waals surface area contributed by atoms with Crippen LogP contribution < -0.4 is 5.32 Å². The van der Waals surface area contributed by atoms with E-state index in [0.29, 0.717) is 16.5 Å². The van der Waals surface area contributed by atoms with Crippen LogP contribution in [-0.4, -0.2) is 15.8 Å². The average molecular weight is 419 g/mol. The van der Waals surface area contributed by atoms with Gasteiger partial charge in [-0.2, -0.15) is 0 Å². The lowest BCUT2D eigenvalue weighted by molar-refractivity contribution is -0.384. The maximum Gasteiger partial charge on any atom is 0.269 e. The molecule has 1 N–H and O–H groups in total. The summed E-state index contributed by atoms with van der Waals surface area (Å²) in [7, 11) is 0. The fourth-order valence-corrected chi connectivity index (χ4v) is 3.78. The molecule has 0 radical (unpaired) electrons. The number of nitro groups is 1. The van der Waals surface area contributed by atoms with Crippen LogP contribution in [0.1, 0.15) is 21.5 Å².